The number of nitrogens with zero attached hydrogens (tertiary/aromatic N) is 3. The van der Waals surface area contributed by atoms with Gasteiger partial charge in [-0.2, -0.15) is 5.26 Å². The fourth-order valence-corrected chi connectivity index (χ4v) is 2.48. The molecule has 0 aliphatic carbocycles. The average Bonchev–Trinajstić information content (AvgIpc) is 2.46. The van der Waals surface area contributed by atoms with Crippen molar-refractivity contribution in [3.8, 4) is 6.07 Å². The van der Waals surface area contributed by atoms with E-state index in [0.29, 0.717) is 18.0 Å². The van der Waals surface area contributed by atoms with Gasteiger partial charge in [0.15, 0.2) is 5.11 Å². The first-order valence-corrected chi connectivity index (χ1v) is 7.76. The number of hydrogen-bond donors (Lipinski definition) is 1. The van der Waals surface area contributed by atoms with Crippen LogP contribution in [-0.2, 0) is 4.79 Å². The largest absolute Gasteiger partial charge is 0.346 e. The van der Waals surface area contributed by atoms with Gasteiger partial charge in [0, 0.05) is 45.6 Å². The summed E-state index contributed by atoms with van der Waals surface area (Å²) in [5, 5.41) is 11.9. The van der Waals surface area contributed by atoms with Gasteiger partial charge in [-0.25, -0.2) is 0 Å². The smallest absolute Gasteiger partial charge is 0.226 e. The maximum Gasteiger partial charge on any atom is 0.226 e. The van der Waals surface area contributed by atoms with Gasteiger partial charge in [-0.15, -0.1) is 0 Å². The van der Waals surface area contributed by atoms with E-state index in [2.05, 4.69) is 23.2 Å². The zero-order valence-electron chi connectivity index (χ0n) is 12.2. The number of unbranched alkanes of at least 4 members (excludes halogenated alkanes) is 2. The third-order valence-electron chi connectivity index (χ3n) is 3.45. The lowest BCUT2D eigenvalue weighted by molar-refractivity contribution is -0.119. The Morgan fingerprint density at radius 3 is 2.60 bits per heavy atom. The van der Waals surface area contributed by atoms with Crippen LogP contribution in [0.4, 0.5) is 0 Å². The van der Waals surface area contributed by atoms with E-state index in [1.54, 1.807) is 0 Å². The summed E-state index contributed by atoms with van der Waals surface area (Å²) in [5.41, 5.74) is 0. The molecular formula is C14H24N4OS. The van der Waals surface area contributed by atoms with Crippen molar-refractivity contribution in [2.45, 2.75) is 39.0 Å². The monoisotopic (exact) mass is 296 g/mol. The lowest BCUT2D eigenvalue weighted by atomic mass is 10.2. The molecule has 1 rings (SSSR count). The molecule has 1 aliphatic heterocycles. The highest BCUT2D eigenvalue weighted by Gasteiger charge is 2.19. The fraction of sp³-hybridized carbons (Fsp3) is 0.786. The quantitative estimate of drug-likeness (QED) is 0.594. The van der Waals surface area contributed by atoms with Crippen LogP contribution in [0, 0.1) is 11.3 Å². The molecular weight excluding hydrogens is 272 g/mol. The summed E-state index contributed by atoms with van der Waals surface area (Å²) in [4.78, 5) is 16.0. The molecule has 0 saturated carbocycles. The minimum atomic E-state index is 0.0235. The molecule has 0 bridgehead atoms. The fourth-order valence-electron chi connectivity index (χ4n) is 2.18. The van der Waals surface area contributed by atoms with E-state index in [-0.39, 0.29) is 5.91 Å². The second kappa shape index (κ2) is 9.67. The second-order valence-corrected chi connectivity index (χ2v) is 5.43. The van der Waals surface area contributed by atoms with Gasteiger partial charge in [0.25, 0.3) is 0 Å². The van der Waals surface area contributed by atoms with Gasteiger partial charge >= 0.3 is 0 Å². The van der Waals surface area contributed by atoms with Crippen molar-refractivity contribution in [1.82, 2.24) is 15.1 Å². The lowest BCUT2D eigenvalue weighted by Gasteiger charge is -2.35. The van der Waals surface area contributed by atoms with E-state index in [0.717, 1.165) is 52.0 Å². The highest BCUT2D eigenvalue weighted by molar-refractivity contribution is 7.80. The molecule has 1 aliphatic rings. The molecule has 112 valence electrons. The van der Waals surface area contributed by atoms with Gasteiger partial charge in [-0.05, 0) is 18.6 Å². The van der Waals surface area contributed by atoms with Crippen LogP contribution in [0.3, 0.4) is 0 Å². The van der Waals surface area contributed by atoms with Crippen LogP contribution in [0.15, 0.2) is 0 Å². The molecule has 20 heavy (non-hydrogen) atoms. The van der Waals surface area contributed by atoms with Gasteiger partial charge in [-0.1, -0.05) is 19.8 Å². The molecule has 1 amide bonds. The summed E-state index contributed by atoms with van der Waals surface area (Å²) < 4.78 is 0. The number of carbonyl (C=O) groups excluding carboxylic acids is 1. The maximum absolute atomic E-state index is 11.7. The van der Waals surface area contributed by atoms with E-state index < -0.39 is 0 Å². The zero-order chi connectivity index (χ0) is 14.8. The number of hydrogen-bond acceptors (Lipinski definition) is 4. The molecule has 0 aromatic rings. The summed E-state index contributed by atoms with van der Waals surface area (Å²) in [6.45, 7) is 6.37. The van der Waals surface area contributed by atoms with Crippen LogP contribution in [0.5, 0.6) is 0 Å². The summed E-state index contributed by atoms with van der Waals surface area (Å²) in [6.07, 6.45) is 4.24. The molecule has 1 saturated heterocycles. The molecule has 0 radical (unpaired) electrons. The van der Waals surface area contributed by atoms with E-state index in [9.17, 15) is 4.79 Å². The Balaban J connectivity index is 2.22. The highest BCUT2D eigenvalue weighted by Crippen LogP contribution is 2.04. The summed E-state index contributed by atoms with van der Waals surface area (Å²) >= 11 is 5.28. The molecule has 1 N–H and O–H groups in total. The van der Waals surface area contributed by atoms with Crippen LogP contribution in [-0.4, -0.2) is 53.5 Å². The predicted octanol–water partition coefficient (Wildman–Crippen LogP) is 1.50. The van der Waals surface area contributed by atoms with Gasteiger partial charge in [0.2, 0.25) is 5.91 Å². The van der Waals surface area contributed by atoms with Crippen LogP contribution in [0.1, 0.15) is 39.0 Å². The SMILES string of the molecule is CCCCCC(=O)NC(=S)N1CCN(CCC#N)CC1. The minimum Gasteiger partial charge on any atom is -0.346 e. The van der Waals surface area contributed by atoms with E-state index >= 15 is 0 Å². The van der Waals surface area contributed by atoms with Gasteiger partial charge < -0.3 is 10.2 Å². The Kier molecular flexibility index (Phi) is 8.16. The highest BCUT2D eigenvalue weighted by atomic mass is 32.1. The van der Waals surface area contributed by atoms with Crippen molar-refractivity contribution in [3.05, 3.63) is 0 Å². The molecule has 1 fully saturated rings. The van der Waals surface area contributed by atoms with Gasteiger partial charge in [-0.3, -0.25) is 9.69 Å². The number of amides is 1. The number of piperazine rings is 1. The first-order chi connectivity index (χ1) is 9.67. The van der Waals surface area contributed by atoms with Crippen LogP contribution < -0.4 is 5.32 Å². The number of nitrogens with one attached hydrogen (secondary N) is 1. The first kappa shape index (κ1) is 16.9. The molecule has 0 unspecified atom stereocenters. The molecule has 0 spiro atoms. The zero-order valence-corrected chi connectivity index (χ0v) is 13.0. The Labute approximate surface area is 126 Å². The van der Waals surface area contributed by atoms with Crippen molar-refractivity contribution in [1.29, 1.82) is 5.26 Å². The van der Waals surface area contributed by atoms with Crippen molar-refractivity contribution < 1.29 is 4.79 Å². The Morgan fingerprint density at radius 2 is 2.00 bits per heavy atom. The molecule has 1 heterocycles. The van der Waals surface area contributed by atoms with Crippen LogP contribution in [0.25, 0.3) is 0 Å². The summed E-state index contributed by atoms with van der Waals surface area (Å²) in [5.74, 6) is 0.0235. The van der Waals surface area contributed by atoms with E-state index in [1.165, 1.54) is 0 Å². The lowest BCUT2D eigenvalue weighted by Crippen LogP contribution is -2.52. The summed E-state index contributed by atoms with van der Waals surface area (Å²) in [7, 11) is 0. The molecule has 0 aromatic heterocycles. The van der Waals surface area contributed by atoms with Crippen molar-refractivity contribution in [2.24, 2.45) is 0 Å². The predicted molar refractivity (Wildman–Crippen MR) is 83.1 cm³/mol. The third kappa shape index (κ3) is 6.31. The number of thiocarbonyl (C=S) groups is 1. The van der Waals surface area contributed by atoms with E-state index in [1.807, 2.05) is 4.90 Å². The molecule has 5 nitrogen and oxygen atoms in total. The number of rotatable bonds is 6. The Hall–Kier alpha value is -1.19. The molecule has 0 aromatic carbocycles. The van der Waals surface area contributed by atoms with Crippen LogP contribution >= 0.6 is 12.2 Å². The van der Waals surface area contributed by atoms with Crippen molar-refractivity contribution in [2.75, 3.05) is 32.7 Å². The Bertz CT molecular complexity index is 359. The molecule has 0 atom stereocenters. The first-order valence-electron chi connectivity index (χ1n) is 7.35. The summed E-state index contributed by atoms with van der Waals surface area (Å²) in [6, 6.07) is 2.16. The number of carbonyl (C=O) groups is 1. The number of nitriles is 1. The molecule has 6 heteroatoms. The van der Waals surface area contributed by atoms with Crippen molar-refractivity contribution in [3.63, 3.8) is 0 Å². The normalized spacial score (nSPS) is 15.7. The van der Waals surface area contributed by atoms with Gasteiger partial charge in [0.05, 0.1) is 6.07 Å². The van der Waals surface area contributed by atoms with Crippen molar-refractivity contribution >= 4 is 23.2 Å². The topological polar surface area (TPSA) is 59.4 Å². The average molecular weight is 296 g/mol. The Morgan fingerprint density at radius 1 is 1.30 bits per heavy atom. The maximum atomic E-state index is 11.7. The second-order valence-electron chi connectivity index (χ2n) is 5.05. The van der Waals surface area contributed by atoms with Crippen LogP contribution in [0.2, 0.25) is 0 Å². The van der Waals surface area contributed by atoms with Gasteiger partial charge in [0.1, 0.15) is 0 Å². The standard InChI is InChI=1S/C14H24N4OS/c1-2-3-4-6-13(19)16-14(20)18-11-9-17(10-12-18)8-5-7-15/h2-6,8-12H2,1H3,(H,16,19,20). The third-order valence-corrected chi connectivity index (χ3v) is 3.81. The minimum absolute atomic E-state index is 0.0235. The van der Waals surface area contributed by atoms with E-state index in [4.69, 9.17) is 17.5 Å².